The van der Waals surface area contributed by atoms with Crippen molar-refractivity contribution < 1.29 is 17.9 Å². The zero-order valence-corrected chi connectivity index (χ0v) is 15.4. The van der Waals surface area contributed by atoms with E-state index in [1.54, 1.807) is 36.7 Å². The smallest absolute Gasteiger partial charge is 0.247 e. The Balaban J connectivity index is 1.60. The van der Waals surface area contributed by atoms with Gasteiger partial charge in [0, 0.05) is 25.2 Å². The van der Waals surface area contributed by atoms with Crippen LogP contribution in [0.15, 0.2) is 23.5 Å². The SMILES string of the molecule is Cc1n[nH]c(C)c1S(=O)(=O)N1C2COCC1CC(Oc1cnccn1)C2. The fourth-order valence-electron chi connectivity index (χ4n) is 3.86. The summed E-state index contributed by atoms with van der Waals surface area (Å²) in [5, 5.41) is 6.80. The van der Waals surface area contributed by atoms with E-state index in [1.165, 1.54) is 0 Å². The average Bonchev–Trinajstić information content (AvgIpc) is 2.94. The number of hydrogen-bond acceptors (Lipinski definition) is 7. The standard InChI is InChI=1S/C16H21N5O4S/c1-10-16(11(2)20-19-10)26(22,23)21-12-5-14(6-13(21)9-24-8-12)25-15-7-17-3-4-18-15/h3-4,7,12-14H,5-6,8-9H2,1-2H3,(H,19,20). The summed E-state index contributed by atoms with van der Waals surface area (Å²) < 4.78 is 39.8. The Morgan fingerprint density at radius 2 is 1.96 bits per heavy atom. The molecule has 0 amide bonds. The van der Waals surface area contributed by atoms with Crippen LogP contribution in [0.1, 0.15) is 24.2 Å². The van der Waals surface area contributed by atoms with E-state index in [9.17, 15) is 8.42 Å². The molecule has 2 aromatic rings. The first-order chi connectivity index (χ1) is 12.5. The van der Waals surface area contributed by atoms with Crippen LogP contribution in [0.5, 0.6) is 5.88 Å². The molecular formula is C16H21N5O4S. The summed E-state index contributed by atoms with van der Waals surface area (Å²) in [5.74, 6) is 0.453. The van der Waals surface area contributed by atoms with Crippen LogP contribution in [0, 0.1) is 13.8 Å². The molecule has 0 aromatic carbocycles. The maximum Gasteiger partial charge on any atom is 0.247 e. The van der Waals surface area contributed by atoms with Crippen LogP contribution in [-0.2, 0) is 14.8 Å². The third kappa shape index (κ3) is 2.97. The molecule has 4 rings (SSSR count). The van der Waals surface area contributed by atoms with Gasteiger partial charge in [-0.3, -0.25) is 10.1 Å². The lowest BCUT2D eigenvalue weighted by Crippen LogP contribution is -2.60. The molecule has 1 N–H and O–H groups in total. The van der Waals surface area contributed by atoms with E-state index in [1.807, 2.05) is 0 Å². The number of ether oxygens (including phenoxy) is 2. The lowest BCUT2D eigenvalue weighted by molar-refractivity contribution is -0.0617. The normalized spacial score (nSPS) is 26.6. The summed E-state index contributed by atoms with van der Waals surface area (Å²) in [5.41, 5.74) is 1.04. The molecule has 0 saturated carbocycles. The van der Waals surface area contributed by atoms with Crippen LogP contribution in [-0.4, -0.2) is 64.3 Å². The monoisotopic (exact) mass is 379 g/mol. The zero-order chi connectivity index (χ0) is 18.3. The second-order valence-electron chi connectivity index (χ2n) is 6.70. The molecule has 4 heterocycles. The van der Waals surface area contributed by atoms with Crippen LogP contribution in [0.2, 0.25) is 0 Å². The van der Waals surface area contributed by atoms with Gasteiger partial charge in [0.25, 0.3) is 0 Å². The van der Waals surface area contributed by atoms with Gasteiger partial charge in [-0.25, -0.2) is 13.4 Å². The highest BCUT2D eigenvalue weighted by molar-refractivity contribution is 7.89. The summed E-state index contributed by atoms with van der Waals surface area (Å²) in [7, 11) is -3.66. The van der Waals surface area contributed by atoms with Gasteiger partial charge in [-0.15, -0.1) is 0 Å². The first kappa shape index (κ1) is 17.4. The molecule has 2 saturated heterocycles. The number of sulfonamides is 1. The number of fused-ring (bicyclic) bond motifs is 2. The van der Waals surface area contributed by atoms with E-state index in [0.717, 1.165) is 0 Å². The fraction of sp³-hybridized carbons (Fsp3) is 0.562. The first-order valence-electron chi connectivity index (χ1n) is 8.52. The molecule has 2 unspecified atom stereocenters. The highest BCUT2D eigenvalue weighted by Gasteiger charge is 2.47. The first-order valence-corrected chi connectivity index (χ1v) is 9.96. The quantitative estimate of drug-likeness (QED) is 0.837. The predicted molar refractivity (Wildman–Crippen MR) is 91.2 cm³/mol. The molecule has 2 fully saturated rings. The van der Waals surface area contributed by atoms with Gasteiger partial charge in [-0.1, -0.05) is 0 Å². The molecule has 2 atom stereocenters. The second kappa shape index (κ2) is 6.60. The van der Waals surface area contributed by atoms with Crippen molar-refractivity contribution in [3.8, 4) is 5.88 Å². The maximum atomic E-state index is 13.3. The Morgan fingerprint density at radius 3 is 2.54 bits per heavy atom. The van der Waals surface area contributed by atoms with Gasteiger partial charge < -0.3 is 9.47 Å². The van der Waals surface area contributed by atoms with Gasteiger partial charge in [0.05, 0.1) is 42.9 Å². The maximum absolute atomic E-state index is 13.3. The largest absolute Gasteiger partial charge is 0.473 e. The van der Waals surface area contributed by atoms with Gasteiger partial charge in [-0.05, 0) is 13.8 Å². The summed E-state index contributed by atoms with van der Waals surface area (Å²) in [6.45, 7) is 4.13. The van der Waals surface area contributed by atoms with E-state index in [0.29, 0.717) is 43.3 Å². The molecule has 2 aliphatic rings. The fourth-order valence-corrected chi connectivity index (χ4v) is 6.01. The Bertz CT molecular complexity index is 852. The number of nitrogens with one attached hydrogen (secondary N) is 1. The van der Waals surface area contributed by atoms with Crippen molar-refractivity contribution in [3.05, 3.63) is 30.0 Å². The van der Waals surface area contributed by atoms with Crippen LogP contribution in [0.3, 0.4) is 0 Å². The Labute approximate surface area is 151 Å². The topological polar surface area (TPSA) is 110 Å². The van der Waals surface area contributed by atoms with Gasteiger partial charge in [0.15, 0.2) is 0 Å². The minimum absolute atomic E-state index is 0.122. The second-order valence-corrected chi connectivity index (χ2v) is 8.48. The van der Waals surface area contributed by atoms with E-state index < -0.39 is 10.0 Å². The Hall–Kier alpha value is -2.04. The third-order valence-electron chi connectivity index (χ3n) is 4.83. The van der Waals surface area contributed by atoms with Crippen molar-refractivity contribution in [2.75, 3.05) is 13.2 Å². The van der Waals surface area contributed by atoms with Crippen LogP contribution < -0.4 is 4.74 Å². The molecular weight excluding hydrogens is 358 g/mol. The molecule has 2 bridgehead atoms. The number of nitrogens with zero attached hydrogens (tertiary/aromatic N) is 4. The van der Waals surface area contributed by atoms with Gasteiger partial charge in [0.1, 0.15) is 11.0 Å². The lowest BCUT2D eigenvalue weighted by Gasteiger charge is -2.46. The van der Waals surface area contributed by atoms with Crippen LogP contribution >= 0.6 is 0 Å². The van der Waals surface area contributed by atoms with Crippen LogP contribution in [0.4, 0.5) is 0 Å². The van der Waals surface area contributed by atoms with Crippen molar-refractivity contribution in [2.45, 2.75) is 49.8 Å². The van der Waals surface area contributed by atoms with Crippen molar-refractivity contribution >= 4 is 10.0 Å². The molecule has 0 radical (unpaired) electrons. The van der Waals surface area contributed by atoms with E-state index in [2.05, 4.69) is 20.2 Å². The number of rotatable bonds is 4. The molecule has 140 valence electrons. The number of H-pyrrole nitrogens is 1. The molecule has 2 aliphatic heterocycles. The molecule has 0 aliphatic carbocycles. The van der Waals surface area contributed by atoms with Gasteiger partial charge in [-0.2, -0.15) is 9.40 Å². The lowest BCUT2D eigenvalue weighted by atomic mass is 9.94. The van der Waals surface area contributed by atoms with E-state index in [4.69, 9.17) is 9.47 Å². The minimum atomic E-state index is -3.66. The van der Waals surface area contributed by atoms with E-state index >= 15 is 0 Å². The number of hydrogen-bond donors (Lipinski definition) is 1. The Kier molecular flexibility index (Phi) is 4.41. The highest BCUT2D eigenvalue weighted by Crippen LogP contribution is 2.35. The number of aryl methyl sites for hydroxylation is 2. The summed E-state index contributed by atoms with van der Waals surface area (Å²) in [6.07, 6.45) is 5.69. The number of aromatic nitrogens is 4. The molecule has 10 heteroatoms. The zero-order valence-electron chi connectivity index (χ0n) is 14.6. The molecule has 0 spiro atoms. The van der Waals surface area contributed by atoms with Crippen molar-refractivity contribution in [1.29, 1.82) is 0 Å². The van der Waals surface area contributed by atoms with E-state index in [-0.39, 0.29) is 23.1 Å². The molecule has 2 aromatic heterocycles. The molecule has 26 heavy (non-hydrogen) atoms. The highest BCUT2D eigenvalue weighted by atomic mass is 32.2. The predicted octanol–water partition coefficient (Wildman–Crippen LogP) is 0.816. The Morgan fingerprint density at radius 1 is 1.23 bits per heavy atom. The van der Waals surface area contributed by atoms with Gasteiger partial charge >= 0.3 is 0 Å². The molecule has 9 nitrogen and oxygen atoms in total. The number of piperidine rings is 1. The van der Waals surface area contributed by atoms with Crippen molar-refractivity contribution in [1.82, 2.24) is 24.5 Å². The van der Waals surface area contributed by atoms with Crippen molar-refractivity contribution in [2.24, 2.45) is 0 Å². The summed E-state index contributed by atoms with van der Waals surface area (Å²) in [6, 6.07) is -0.550. The number of morpholine rings is 1. The number of aromatic amines is 1. The summed E-state index contributed by atoms with van der Waals surface area (Å²) in [4.78, 5) is 8.41. The van der Waals surface area contributed by atoms with Crippen molar-refractivity contribution in [3.63, 3.8) is 0 Å². The van der Waals surface area contributed by atoms with Gasteiger partial charge in [0.2, 0.25) is 15.9 Å². The average molecular weight is 379 g/mol. The summed E-state index contributed by atoms with van der Waals surface area (Å²) >= 11 is 0. The third-order valence-corrected chi connectivity index (χ3v) is 7.10. The van der Waals surface area contributed by atoms with Crippen LogP contribution in [0.25, 0.3) is 0 Å². The minimum Gasteiger partial charge on any atom is -0.473 e.